The number of carbonyl (C=O) groups excluding carboxylic acids is 1. The van der Waals surface area contributed by atoms with Gasteiger partial charge in [0, 0.05) is 44.8 Å². The van der Waals surface area contributed by atoms with Gasteiger partial charge < -0.3 is 19.6 Å². The summed E-state index contributed by atoms with van der Waals surface area (Å²) in [6, 6.07) is 9.96. The highest BCUT2D eigenvalue weighted by Crippen LogP contribution is 2.18. The first-order chi connectivity index (χ1) is 18.2. The molecule has 3 aromatic heterocycles. The predicted octanol–water partition coefficient (Wildman–Crippen LogP) is 3.01. The molecule has 0 bridgehead atoms. The standard InChI is InChI=1S/C26H27FN8O2/c27-19-4-3-10-30-21(19)14-31-26(36)22-16-37-25(34-22)9-13-28-12-8-24-33-20-5-1-2-6-23(20)35(24)15-18-7-11-29-17-32-18/h1-2,5-7,10-11,16-17,28H,3-4,8-9,12-15H2,(H,31,36). The molecular formula is C26H27FN8O2. The van der Waals surface area contributed by atoms with Crippen molar-refractivity contribution in [1.29, 1.82) is 0 Å². The number of amides is 1. The number of hydrogen-bond donors (Lipinski definition) is 2. The molecule has 4 heterocycles. The lowest BCUT2D eigenvalue weighted by Crippen LogP contribution is -2.26. The summed E-state index contributed by atoms with van der Waals surface area (Å²) >= 11 is 0. The van der Waals surface area contributed by atoms with E-state index in [-0.39, 0.29) is 23.8 Å². The van der Waals surface area contributed by atoms with Gasteiger partial charge in [0.2, 0.25) is 0 Å². The number of aromatic nitrogens is 5. The van der Waals surface area contributed by atoms with Crippen LogP contribution in [0.5, 0.6) is 0 Å². The summed E-state index contributed by atoms with van der Waals surface area (Å²) in [6.07, 6.45) is 8.40. The quantitative estimate of drug-likeness (QED) is 0.302. The Morgan fingerprint density at radius 1 is 1.14 bits per heavy atom. The lowest BCUT2D eigenvalue weighted by Gasteiger charge is -2.09. The number of rotatable bonds is 11. The first-order valence-corrected chi connectivity index (χ1v) is 12.2. The molecule has 0 fully saturated rings. The van der Waals surface area contributed by atoms with Crippen molar-refractivity contribution in [3.63, 3.8) is 0 Å². The fourth-order valence-electron chi connectivity index (χ4n) is 4.09. The molecule has 1 amide bonds. The molecule has 10 nitrogen and oxygen atoms in total. The summed E-state index contributed by atoms with van der Waals surface area (Å²) in [6.45, 7) is 1.98. The first-order valence-electron chi connectivity index (χ1n) is 12.2. The summed E-state index contributed by atoms with van der Waals surface area (Å²) in [5.74, 6) is 0.705. The van der Waals surface area contributed by atoms with Gasteiger partial charge in [-0.15, -0.1) is 0 Å². The monoisotopic (exact) mass is 502 g/mol. The summed E-state index contributed by atoms with van der Waals surface area (Å²) in [7, 11) is 0. The number of nitrogens with zero attached hydrogens (tertiary/aromatic N) is 6. The number of aliphatic imine (C=N–C) groups is 1. The van der Waals surface area contributed by atoms with Gasteiger partial charge in [0.05, 0.1) is 35.5 Å². The number of nitrogens with one attached hydrogen (secondary N) is 2. The molecule has 5 rings (SSSR count). The summed E-state index contributed by atoms with van der Waals surface area (Å²) < 4.78 is 21.4. The molecule has 11 heteroatoms. The molecule has 0 aliphatic carbocycles. The molecular weight excluding hydrogens is 475 g/mol. The Balaban J connectivity index is 1.11. The van der Waals surface area contributed by atoms with Crippen LogP contribution in [0.1, 0.15) is 40.7 Å². The van der Waals surface area contributed by atoms with Gasteiger partial charge in [0.15, 0.2) is 11.6 Å². The van der Waals surface area contributed by atoms with Crippen LogP contribution >= 0.6 is 0 Å². The number of halogens is 1. The molecule has 0 saturated heterocycles. The third-order valence-electron chi connectivity index (χ3n) is 5.99. The Kier molecular flexibility index (Phi) is 7.70. The van der Waals surface area contributed by atoms with E-state index in [0.29, 0.717) is 44.8 Å². The van der Waals surface area contributed by atoms with Gasteiger partial charge in [-0.3, -0.25) is 9.79 Å². The van der Waals surface area contributed by atoms with Crippen LogP contribution in [0.4, 0.5) is 4.39 Å². The van der Waals surface area contributed by atoms with E-state index in [2.05, 4.69) is 41.2 Å². The van der Waals surface area contributed by atoms with Gasteiger partial charge in [-0.2, -0.15) is 0 Å². The number of carbonyl (C=O) groups is 1. The molecule has 0 spiro atoms. The van der Waals surface area contributed by atoms with Crippen molar-refractivity contribution < 1.29 is 13.6 Å². The molecule has 190 valence electrons. The molecule has 1 aliphatic heterocycles. The zero-order chi connectivity index (χ0) is 25.5. The Morgan fingerprint density at radius 3 is 2.89 bits per heavy atom. The van der Waals surface area contributed by atoms with E-state index in [0.717, 1.165) is 29.0 Å². The van der Waals surface area contributed by atoms with Gasteiger partial charge in [-0.05, 0) is 24.6 Å². The SMILES string of the molecule is O=C(NCC1=C(F)CCC=N1)c1coc(CCNCCc2nc3ccccc3n2Cc2ccncn2)n1. The third-order valence-corrected chi connectivity index (χ3v) is 5.99. The van der Waals surface area contributed by atoms with E-state index in [1.807, 2.05) is 24.3 Å². The number of para-hydroxylation sites is 2. The second-order valence-corrected chi connectivity index (χ2v) is 8.56. The van der Waals surface area contributed by atoms with Crippen LogP contribution in [0.25, 0.3) is 11.0 Å². The van der Waals surface area contributed by atoms with Crippen molar-refractivity contribution >= 4 is 23.2 Å². The molecule has 0 atom stereocenters. The van der Waals surface area contributed by atoms with Crippen molar-refractivity contribution in [1.82, 2.24) is 35.1 Å². The lowest BCUT2D eigenvalue weighted by atomic mass is 10.2. The van der Waals surface area contributed by atoms with Crippen LogP contribution in [0.2, 0.25) is 0 Å². The minimum Gasteiger partial charge on any atom is -0.448 e. The average molecular weight is 503 g/mol. The topological polar surface area (TPSA) is 123 Å². The lowest BCUT2D eigenvalue weighted by molar-refractivity contribution is 0.0951. The van der Waals surface area contributed by atoms with Crippen LogP contribution < -0.4 is 10.6 Å². The number of allylic oxidation sites excluding steroid dienone is 1. The number of oxazole rings is 1. The Labute approximate surface area is 212 Å². The van der Waals surface area contributed by atoms with E-state index < -0.39 is 5.91 Å². The molecule has 1 aromatic carbocycles. The molecule has 0 saturated carbocycles. The number of fused-ring (bicyclic) bond motifs is 1. The van der Waals surface area contributed by atoms with Crippen LogP contribution in [0.15, 0.2) is 70.1 Å². The molecule has 2 N–H and O–H groups in total. The van der Waals surface area contributed by atoms with E-state index in [9.17, 15) is 9.18 Å². The molecule has 1 aliphatic rings. The maximum atomic E-state index is 13.8. The van der Waals surface area contributed by atoms with Crippen molar-refractivity contribution in [2.75, 3.05) is 19.6 Å². The van der Waals surface area contributed by atoms with Gasteiger partial charge >= 0.3 is 0 Å². The summed E-state index contributed by atoms with van der Waals surface area (Å²) in [4.78, 5) is 33.7. The second-order valence-electron chi connectivity index (χ2n) is 8.56. The van der Waals surface area contributed by atoms with Gasteiger partial charge in [0.1, 0.15) is 24.2 Å². The van der Waals surface area contributed by atoms with Crippen molar-refractivity contribution in [2.24, 2.45) is 4.99 Å². The largest absolute Gasteiger partial charge is 0.448 e. The van der Waals surface area contributed by atoms with Crippen molar-refractivity contribution in [2.45, 2.75) is 32.2 Å². The predicted molar refractivity (Wildman–Crippen MR) is 136 cm³/mol. The first kappa shape index (κ1) is 24.4. The highest BCUT2D eigenvalue weighted by atomic mass is 19.1. The molecule has 0 radical (unpaired) electrons. The zero-order valence-electron chi connectivity index (χ0n) is 20.2. The molecule has 37 heavy (non-hydrogen) atoms. The minimum absolute atomic E-state index is 0.0207. The number of hydrogen-bond acceptors (Lipinski definition) is 8. The van der Waals surface area contributed by atoms with Gasteiger partial charge in [-0.1, -0.05) is 12.1 Å². The van der Waals surface area contributed by atoms with Gasteiger partial charge in [0.25, 0.3) is 5.91 Å². The van der Waals surface area contributed by atoms with E-state index >= 15 is 0 Å². The van der Waals surface area contributed by atoms with E-state index in [1.54, 1.807) is 18.7 Å². The highest BCUT2D eigenvalue weighted by molar-refractivity contribution is 5.92. The highest BCUT2D eigenvalue weighted by Gasteiger charge is 2.15. The van der Waals surface area contributed by atoms with E-state index in [1.165, 1.54) is 6.26 Å². The normalized spacial score (nSPS) is 13.4. The van der Waals surface area contributed by atoms with Crippen LogP contribution in [-0.4, -0.2) is 56.3 Å². The van der Waals surface area contributed by atoms with E-state index in [4.69, 9.17) is 9.40 Å². The van der Waals surface area contributed by atoms with Crippen LogP contribution in [0.3, 0.4) is 0 Å². The number of imidazole rings is 1. The maximum absolute atomic E-state index is 13.8. The smallest absolute Gasteiger partial charge is 0.273 e. The Hall–Kier alpha value is -4.25. The minimum atomic E-state index is -0.424. The maximum Gasteiger partial charge on any atom is 0.273 e. The van der Waals surface area contributed by atoms with Gasteiger partial charge in [-0.25, -0.2) is 24.3 Å². The van der Waals surface area contributed by atoms with Crippen LogP contribution in [-0.2, 0) is 19.4 Å². The fraction of sp³-hybridized carbons (Fsp3) is 0.308. The molecule has 0 unspecified atom stereocenters. The Morgan fingerprint density at radius 2 is 2.03 bits per heavy atom. The average Bonchev–Trinajstić information content (AvgIpc) is 3.54. The van der Waals surface area contributed by atoms with Crippen molar-refractivity contribution in [3.8, 4) is 0 Å². The third kappa shape index (κ3) is 6.12. The van der Waals surface area contributed by atoms with Crippen LogP contribution in [0, 0.1) is 0 Å². The fourth-order valence-corrected chi connectivity index (χ4v) is 4.09. The number of benzene rings is 1. The zero-order valence-corrected chi connectivity index (χ0v) is 20.2. The van der Waals surface area contributed by atoms with Crippen molar-refractivity contribution in [3.05, 3.63) is 83.7 Å². The Bertz CT molecular complexity index is 1430. The molecule has 4 aromatic rings. The second kappa shape index (κ2) is 11.7. The summed E-state index contributed by atoms with van der Waals surface area (Å²) in [5.41, 5.74) is 3.35. The summed E-state index contributed by atoms with van der Waals surface area (Å²) in [5, 5.41) is 6.02.